The smallest absolute Gasteiger partial charge is 0.161 e. The van der Waals surface area contributed by atoms with Crippen molar-refractivity contribution in [1.82, 2.24) is 19.7 Å². The van der Waals surface area contributed by atoms with Gasteiger partial charge in [0.25, 0.3) is 0 Å². The Balaban J connectivity index is 1.23. The average Bonchev–Trinajstić information content (AvgIpc) is 3.02. The summed E-state index contributed by atoms with van der Waals surface area (Å²) in [7, 11) is 0. The first-order chi connectivity index (χ1) is 13.8. The summed E-state index contributed by atoms with van der Waals surface area (Å²) in [6, 6.07) is 16.7. The molecule has 5 rings (SSSR count). The fourth-order valence-corrected chi connectivity index (χ4v) is 3.85. The molecule has 2 aliphatic heterocycles. The topological polar surface area (TPSA) is 52.4 Å². The van der Waals surface area contributed by atoms with Crippen LogP contribution in [0, 0.1) is 0 Å². The van der Waals surface area contributed by atoms with Crippen LogP contribution in [0.1, 0.15) is 22.8 Å². The molecule has 2 aliphatic rings. The van der Waals surface area contributed by atoms with E-state index in [0.29, 0.717) is 13.2 Å². The van der Waals surface area contributed by atoms with Gasteiger partial charge in [-0.15, -0.1) is 0 Å². The van der Waals surface area contributed by atoms with Crippen molar-refractivity contribution in [2.75, 3.05) is 26.3 Å². The van der Waals surface area contributed by atoms with E-state index in [0.717, 1.165) is 62.2 Å². The zero-order valence-corrected chi connectivity index (χ0v) is 15.9. The van der Waals surface area contributed by atoms with Crippen LogP contribution in [0.4, 0.5) is 0 Å². The van der Waals surface area contributed by atoms with Gasteiger partial charge in [-0.25, -0.2) is 9.67 Å². The van der Waals surface area contributed by atoms with Gasteiger partial charge < -0.3 is 9.47 Å². The summed E-state index contributed by atoms with van der Waals surface area (Å²) in [6.45, 7) is 4.98. The van der Waals surface area contributed by atoms with Crippen LogP contribution in [0.2, 0.25) is 0 Å². The highest BCUT2D eigenvalue weighted by Crippen LogP contribution is 2.31. The van der Waals surface area contributed by atoms with E-state index in [1.54, 1.807) is 0 Å². The second-order valence-electron chi connectivity index (χ2n) is 7.33. The molecule has 0 fully saturated rings. The lowest BCUT2D eigenvalue weighted by Gasteiger charge is -2.22. The summed E-state index contributed by atoms with van der Waals surface area (Å²) < 4.78 is 13.4. The largest absolute Gasteiger partial charge is 0.486 e. The molecule has 0 aliphatic carbocycles. The maximum absolute atomic E-state index is 5.71. The maximum atomic E-state index is 5.71. The molecular weight excluding hydrogens is 352 g/mol. The van der Waals surface area contributed by atoms with E-state index >= 15 is 0 Å². The van der Waals surface area contributed by atoms with Crippen molar-refractivity contribution in [3.05, 3.63) is 71.3 Å². The fraction of sp³-hybridized carbons (Fsp3) is 0.364. The Morgan fingerprint density at radius 3 is 2.61 bits per heavy atom. The molecule has 0 radical (unpaired) electrons. The molecule has 2 aromatic carbocycles. The highest BCUT2D eigenvalue weighted by molar-refractivity contribution is 5.43. The van der Waals surface area contributed by atoms with E-state index in [1.807, 2.05) is 12.1 Å². The molecule has 0 amide bonds. The molecule has 0 saturated carbocycles. The van der Waals surface area contributed by atoms with Crippen LogP contribution in [-0.4, -0.2) is 46.0 Å². The van der Waals surface area contributed by atoms with Gasteiger partial charge in [0.05, 0.1) is 6.54 Å². The average molecular weight is 376 g/mol. The predicted octanol–water partition coefficient (Wildman–Crippen LogP) is 2.70. The molecule has 6 nitrogen and oxygen atoms in total. The fourth-order valence-electron chi connectivity index (χ4n) is 3.85. The lowest BCUT2D eigenvalue weighted by Crippen LogP contribution is -2.27. The molecule has 0 spiro atoms. The van der Waals surface area contributed by atoms with E-state index in [1.165, 1.54) is 11.1 Å². The van der Waals surface area contributed by atoms with Crippen molar-refractivity contribution in [2.24, 2.45) is 0 Å². The highest BCUT2D eigenvalue weighted by atomic mass is 16.6. The lowest BCUT2D eigenvalue weighted by molar-refractivity contribution is 0.171. The molecule has 0 unspecified atom stereocenters. The van der Waals surface area contributed by atoms with E-state index in [-0.39, 0.29) is 0 Å². The molecule has 0 atom stereocenters. The van der Waals surface area contributed by atoms with Crippen LogP contribution >= 0.6 is 0 Å². The molecule has 144 valence electrons. The van der Waals surface area contributed by atoms with Gasteiger partial charge in [-0.3, -0.25) is 4.90 Å². The molecule has 0 N–H and O–H groups in total. The Morgan fingerprint density at radius 1 is 0.857 bits per heavy atom. The van der Waals surface area contributed by atoms with Gasteiger partial charge in [0, 0.05) is 32.5 Å². The minimum atomic E-state index is 0.623. The number of aromatic nitrogens is 3. The minimum absolute atomic E-state index is 0.623. The van der Waals surface area contributed by atoms with E-state index in [9.17, 15) is 0 Å². The summed E-state index contributed by atoms with van der Waals surface area (Å²) in [4.78, 5) is 7.25. The van der Waals surface area contributed by atoms with Crippen molar-refractivity contribution in [1.29, 1.82) is 0 Å². The minimum Gasteiger partial charge on any atom is -0.486 e. The van der Waals surface area contributed by atoms with Gasteiger partial charge >= 0.3 is 0 Å². The number of rotatable bonds is 4. The van der Waals surface area contributed by atoms with E-state index < -0.39 is 0 Å². The molecule has 1 aromatic heterocycles. The zero-order chi connectivity index (χ0) is 18.8. The molecule has 0 bridgehead atoms. The van der Waals surface area contributed by atoms with Gasteiger partial charge in [0.2, 0.25) is 0 Å². The van der Waals surface area contributed by atoms with Crippen LogP contribution in [0.15, 0.2) is 48.5 Å². The summed E-state index contributed by atoms with van der Waals surface area (Å²) in [5, 5.41) is 4.75. The van der Waals surface area contributed by atoms with Gasteiger partial charge in [-0.1, -0.05) is 36.4 Å². The monoisotopic (exact) mass is 376 g/mol. The Labute approximate surface area is 164 Å². The molecule has 3 aromatic rings. The molecule has 28 heavy (non-hydrogen) atoms. The van der Waals surface area contributed by atoms with Gasteiger partial charge in [-0.2, -0.15) is 5.10 Å². The summed E-state index contributed by atoms with van der Waals surface area (Å²) in [6.07, 6.45) is 1.72. The first-order valence-corrected chi connectivity index (χ1v) is 9.91. The first-order valence-electron chi connectivity index (χ1n) is 9.91. The lowest BCUT2D eigenvalue weighted by atomic mass is 10.1. The van der Waals surface area contributed by atoms with E-state index in [4.69, 9.17) is 19.6 Å². The van der Waals surface area contributed by atoms with Crippen molar-refractivity contribution in [3.8, 4) is 11.5 Å². The number of benzene rings is 2. The Hall–Kier alpha value is -2.86. The highest BCUT2D eigenvalue weighted by Gasteiger charge is 2.19. The molecule has 6 heteroatoms. The van der Waals surface area contributed by atoms with Crippen molar-refractivity contribution < 1.29 is 9.47 Å². The Bertz CT molecular complexity index is 929. The van der Waals surface area contributed by atoms with Crippen LogP contribution in [0.5, 0.6) is 11.5 Å². The van der Waals surface area contributed by atoms with Crippen LogP contribution in [0.3, 0.4) is 0 Å². The Morgan fingerprint density at radius 2 is 1.71 bits per heavy atom. The maximum Gasteiger partial charge on any atom is 0.161 e. The number of nitrogens with zero attached hydrogens (tertiary/aromatic N) is 4. The molecule has 0 saturated heterocycles. The Kier molecular flexibility index (Phi) is 4.71. The zero-order valence-electron chi connectivity index (χ0n) is 15.9. The second kappa shape index (κ2) is 7.64. The standard InChI is InChI=1S/C22H24N4O2/c1-2-4-17(5-3-1)15-21-23-22-8-9-25(10-11-26(22)24-21)16-18-6-7-19-20(14-18)28-13-12-27-19/h1-7,14H,8-13,15-16H2. The summed E-state index contributed by atoms with van der Waals surface area (Å²) in [5.74, 6) is 3.72. The van der Waals surface area contributed by atoms with Crippen LogP contribution in [0.25, 0.3) is 0 Å². The molecular formula is C22H24N4O2. The van der Waals surface area contributed by atoms with E-state index in [2.05, 4.69) is 46.0 Å². The summed E-state index contributed by atoms with van der Waals surface area (Å²) >= 11 is 0. The van der Waals surface area contributed by atoms with Gasteiger partial charge in [0.15, 0.2) is 17.3 Å². The van der Waals surface area contributed by atoms with Crippen molar-refractivity contribution in [2.45, 2.75) is 25.9 Å². The SMILES string of the molecule is c1ccc(Cc2nc3n(n2)CCN(Cc2ccc4c(c2)OCCO4)CC3)cc1. The third-order valence-electron chi connectivity index (χ3n) is 5.29. The van der Waals surface area contributed by atoms with Crippen molar-refractivity contribution >= 4 is 0 Å². The van der Waals surface area contributed by atoms with Crippen LogP contribution < -0.4 is 9.47 Å². The van der Waals surface area contributed by atoms with Crippen molar-refractivity contribution in [3.63, 3.8) is 0 Å². The van der Waals surface area contributed by atoms with Gasteiger partial charge in [0.1, 0.15) is 19.0 Å². The quantitative estimate of drug-likeness (QED) is 0.701. The normalized spacial score (nSPS) is 16.4. The third kappa shape index (κ3) is 3.73. The predicted molar refractivity (Wildman–Crippen MR) is 106 cm³/mol. The number of hydrogen-bond acceptors (Lipinski definition) is 5. The summed E-state index contributed by atoms with van der Waals surface area (Å²) in [5.41, 5.74) is 2.50. The number of fused-ring (bicyclic) bond motifs is 2. The number of hydrogen-bond donors (Lipinski definition) is 0. The van der Waals surface area contributed by atoms with Gasteiger partial charge in [-0.05, 0) is 23.3 Å². The molecule has 3 heterocycles. The first kappa shape index (κ1) is 17.3. The number of ether oxygens (including phenoxy) is 2. The second-order valence-corrected chi connectivity index (χ2v) is 7.33. The van der Waals surface area contributed by atoms with Crippen LogP contribution in [-0.2, 0) is 25.9 Å². The third-order valence-corrected chi connectivity index (χ3v) is 5.29.